The van der Waals surface area contributed by atoms with Crippen LogP contribution in [0.1, 0.15) is 12.5 Å². The van der Waals surface area contributed by atoms with Gasteiger partial charge in [-0.1, -0.05) is 30.3 Å². The molecule has 0 atom stereocenters. The molecule has 1 amide bonds. The Balaban J connectivity index is 2.05. The number of thioether (sulfide) groups is 1. The fraction of sp³-hybridized carbons (Fsp3) is 0.350. The lowest BCUT2D eigenvalue weighted by atomic mass is 10.2. The average molecular weight is 424 g/mol. The molecular weight excluding hydrogens is 398 g/mol. The highest BCUT2D eigenvalue weighted by molar-refractivity contribution is 8.00. The molecule has 0 N–H and O–H groups in total. The van der Waals surface area contributed by atoms with Crippen LogP contribution < -0.4 is 4.18 Å². The first-order valence-electron chi connectivity index (χ1n) is 8.89. The Morgan fingerprint density at radius 1 is 1.11 bits per heavy atom. The molecule has 0 heterocycles. The summed E-state index contributed by atoms with van der Waals surface area (Å²) in [6.07, 6.45) is 0. The van der Waals surface area contributed by atoms with E-state index in [0.29, 0.717) is 25.4 Å². The zero-order chi connectivity index (χ0) is 20.4. The van der Waals surface area contributed by atoms with Gasteiger partial charge in [0.1, 0.15) is 5.75 Å². The van der Waals surface area contributed by atoms with Crippen molar-refractivity contribution in [1.29, 1.82) is 0 Å². The van der Waals surface area contributed by atoms with Gasteiger partial charge in [-0.05, 0) is 36.8 Å². The number of methoxy groups -OCH3 is 1. The van der Waals surface area contributed by atoms with Gasteiger partial charge in [0.15, 0.2) is 0 Å². The van der Waals surface area contributed by atoms with Gasteiger partial charge in [0.2, 0.25) is 5.91 Å². The summed E-state index contributed by atoms with van der Waals surface area (Å²) < 4.78 is 33.5. The largest absolute Gasteiger partial charge is 0.383 e. The van der Waals surface area contributed by atoms with Crippen LogP contribution >= 0.6 is 11.8 Å². The normalized spacial score (nSPS) is 11.2. The first-order valence-corrected chi connectivity index (χ1v) is 11.5. The maximum atomic E-state index is 12.7. The van der Waals surface area contributed by atoms with E-state index in [1.165, 1.54) is 18.7 Å². The first-order chi connectivity index (χ1) is 13.4. The molecule has 152 valence electrons. The van der Waals surface area contributed by atoms with E-state index in [0.717, 1.165) is 10.5 Å². The van der Waals surface area contributed by atoms with Gasteiger partial charge in [0.25, 0.3) is 0 Å². The van der Waals surface area contributed by atoms with Crippen molar-refractivity contribution in [1.82, 2.24) is 4.90 Å². The molecule has 0 aliphatic heterocycles. The minimum Gasteiger partial charge on any atom is -0.383 e. The van der Waals surface area contributed by atoms with Crippen LogP contribution in [-0.2, 0) is 26.2 Å². The number of nitrogens with zero attached hydrogens (tertiary/aromatic N) is 1. The van der Waals surface area contributed by atoms with Crippen LogP contribution in [0.4, 0.5) is 0 Å². The zero-order valence-electron chi connectivity index (χ0n) is 16.0. The first kappa shape index (κ1) is 22.3. The van der Waals surface area contributed by atoms with Crippen molar-refractivity contribution in [3.05, 3.63) is 60.2 Å². The van der Waals surface area contributed by atoms with Crippen LogP contribution in [0.15, 0.2) is 59.5 Å². The molecule has 0 radical (unpaired) electrons. The predicted octanol–water partition coefficient (Wildman–Crippen LogP) is 3.18. The smallest absolute Gasteiger partial charge is 0.308 e. The van der Waals surface area contributed by atoms with Crippen LogP contribution in [0.5, 0.6) is 5.75 Å². The molecule has 2 rings (SSSR count). The second-order valence-corrected chi connectivity index (χ2v) is 8.90. The quantitative estimate of drug-likeness (QED) is 0.408. The van der Waals surface area contributed by atoms with Crippen LogP contribution in [-0.4, -0.2) is 51.0 Å². The van der Waals surface area contributed by atoms with E-state index >= 15 is 0 Å². The maximum Gasteiger partial charge on any atom is 0.308 e. The summed E-state index contributed by atoms with van der Waals surface area (Å²) in [5.41, 5.74) is 0.790. The number of rotatable bonds is 11. The van der Waals surface area contributed by atoms with E-state index in [1.807, 2.05) is 36.4 Å². The third-order valence-electron chi connectivity index (χ3n) is 3.87. The highest BCUT2D eigenvalue weighted by Crippen LogP contribution is 2.20. The molecule has 0 fully saturated rings. The fourth-order valence-corrected chi connectivity index (χ4v) is 3.71. The van der Waals surface area contributed by atoms with Crippen molar-refractivity contribution >= 4 is 27.8 Å². The molecule has 0 spiro atoms. The van der Waals surface area contributed by atoms with Crippen LogP contribution in [0.2, 0.25) is 0 Å². The highest BCUT2D eigenvalue weighted by atomic mass is 32.2. The van der Waals surface area contributed by atoms with Crippen LogP contribution in [0, 0.1) is 0 Å². The minimum atomic E-state index is -3.59. The molecular formula is C20H25NO5S2. The van der Waals surface area contributed by atoms with Gasteiger partial charge in [-0.15, -0.1) is 11.8 Å². The third kappa shape index (κ3) is 7.53. The van der Waals surface area contributed by atoms with E-state index in [-0.39, 0.29) is 17.4 Å². The van der Waals surface area contributed by atoms with Crippen molar-refractivity contribution in [3.8, 4) is 5.75 Å². The molecule has 28 heavy (non-hydrogen) atoms. The molecule has 2 aromatic rings. The SMILES string of the molecule is CCS(=O)(=O)Oc1cccc(CN(CCOC)C(=O)CSc2ccccc2)c1. The number of carbonyl (C=O) groups is 1. The highest BCUT2D eigenvalue weighted by Gasteiger charge is 2.16. The van der Waals surface area contributed by atoms with Gasteiger partial charge in [-0.3, -0.25) is 4.79 Å². The second-order valence-electron chi connectivity index (χ2n) is 5.99. The molecule has 2 aromatic carbocycles. The lowest BCUT2D eigenvalue weighted by molar-refractivity contribution is -0.129. The summed E-state index contributed by atoms with van der Waals surface area (Å²) in [7, 11) is -2.00. The Hall–Kier alpha value is -2.03. The van der Waals surface area contributed by atoms with E-state index in [1.54, 1.807) is 30.2 Å². The average Bonchev–Trinajstić information content (AvgIpc) is 2.70. The Bertz CT molecular complexity index is 856. The Morgan fingerprint density at radius 3 is 2.54 bits per heavy atom. The van der Waals surface area contributed by atoms with E-state index in [4.69, 9.17) is 8.92 Å². The standard InChI is InChI=1S/C20H25NO5S2/c1-3-28(23,24)26-18-9-7-8-17(14-18)15-21(12-13-25-2)20(22)16-27-19-10-5-4-6-11-19/h4-11,14H,3,12-13,15-16H2,1-2H3. The molecule has 0 saturated heterocycles. The number of hydrogen-bond donors (Lipinski definition) is 0. The number of amides is 1. The lowest BCUT2D eigenvalue weighted by Gasteiger charge is -2.22. The number of carbonyl (C=O) groups excluding carboxylic acids is 1. The van der Waals surface area contributed by atoms with Gasteiger partial charge in [0.05, 0.1) is 18.1 Å². The topological polar surface area (TPSA) is 72.9 Å². The Morgan fingerprint density at radius 2 is 1.86 bits per heavy atom. The summed E-state index contributed by atoms with van der Waals surface area (Å²) in [5.74, 6) is 0.441. The minimum absolute atomic E-state index is 0.0154. The summed E-state index contributed by atoms with van der Waals surface area (Å²) in [5, 5.41) is 0. The van der Waals surface area contributed by atoms with Crippen molar-refractivity contribution in [3.63, 3.8) is 0 Å². The number of hydrogen-bond acceptors (Lipinski definition) is 6. The molecule has 0 aliphatic rings. The monoisotopic (exact) mass is 423 g/mol. The van der Waals surface area contributed by atoms with Gasteiger partial charge < -0.3 is 13.8 Å². The second kappa shape index (κ2) is 11.1. The molecule has 0 unspecified atom stereocenters. The van der Waals surface area contributed by atoms with Gasteiger partial charge in [0, 0.05) is 25.1 Å². The van der Waals surface area contributed by atoms with E-state index in [2.05, 4.69) is 0 Å². The molecule has 6 nitrogen and oxygen atoms in total. The molecule has 8 heteroatoms. The third-order valence-corrected chi connectivity index (χ3v) is 6.02. The van der Waals surface area contributed by atoms with Crippen molar-refractivity contribution < 1.29 is 22.1 Å². The van der Waals surface area contributed by atoms with Gasteiger partial charge >= 0.3 is 10.1 Å². The van der Waals surface area contributed by atoms with Crippen molar-refractivity contribution in [2.75, 3.05) is 31.8 Å². The van der Waals surface area contributed by atoms with Crippen molar-refractivity contribution in [2.24, 2.45) is 0 Å². The van der Waals surface area contributed by atoms with Gasteiger partial charge in [-0.2, -0.15) is 8.42 Å². The lowest BCUT2D eigenvalue weighted by Crippen LogP contribution is -2.34. The molecule has 0 bridgehead atoms. The summed E-state index contributed by atoms with van der Waals surface area (Å²) >= 11 is 1.48. The number of benzene rings is 2. The molecule has 0 aromatic heterocycles. The summed E-state index contributed by atoms with van der Waals surface area (Å²) in [6.45, 7) is 2.74. The van der Waals surface area contributed by atoms with Crippen molar-refractivity contribution in [2.45, 2.75) is 18.4 Å². The predicted molar refractivity (Wildman–Crippen MR) is 111 cm³/mol. The van der Waals surface area contributed by atoms with Crippen LogP contribution in [0.25, 0.3) is 0 Å². The zero-order valence-corrected chi connectivity index (χ0v) is 17.7. The summed E-state index contributed by atoms with van der Waals surface area (Å²) in [6, 6.07) is 16.5. The Kier molecular flexibility index (Phi) is 8.82. The maximum absolute atomic E-state index is 12.7. The van der Waals surface area contributed by atoms with Gasteiger partial charge in [-0.25, -0.2) is 0 Å². The Labute approximate surface area is 171 Å². The van der Waals surface area contributed by atoms with E-state index < -0.39 is 10.1 Å². The summed E-state index contributed by atoms with van der Waals surface area (Å²) in [4.78, 5) is 15.4. The number of ether oxygens (including phenoxy) is 1. The fourth-order valence-electron chi connectivity index (χ4n) is 2.37. The molecule has 0 aliphatic carbocycles. The van der Waals surface area contributed by atoms with Crippen LogP contribution in [0.3, 0.4) is 0 Å². The van der Waals surface area contributed by atoms with E-state index in [9.17, 15) is 13.2 Å². The molecule has 0 saturated carbocycles.